The van der Waals surface area contributed by atoms with Crippen molar-refractivity contribution in [1.29, 1.82) is 0 Å². The Hall–Kier alpha value is -0.580. The molecule has 0 radical (unpaired) electrons. The molecule has 1 rings (SSSR count). The Morgan fingerprint density at radius 2 is 2.00 bits per heavy atom. The van der Waals surface area contributed by atoms with Gasteiger partial charge < -0.3 is 34.8 Å². The number of hydrogen-bond acceptors (Lipinski definition) is 8. The molecule has 0 aromatic heterocycles. The number of aliphatic hydroxyl groups excluding tert-OH is 1. The minimum absolute atomic E-state index is 0.108. The first kappa shape index (κ1) is 25.5. The number of aliphatic hydroxyl groups is 1. The first-order valence-electron chi connectivity index (χ1n) is 9.07. The van der Waals surface area contributed by atoms with Gasteiger partial charge in [-0.25, -0.2) is 4.79 Å². The summed E-state index contributed by atoms with van der Waals surface area (Å²) in [6.07, 6.45) is 1.38. The maximum absolute atomic E-state index is 12.4. The highest BCUT2D eigenvalue weighted by Gasteiger charge is 2.30. The quantitative estimate of drug-likeness (QED) is 0.460. The minimum Gasteiger partial charge on any atom is -0.780 e. The van der Waals surface area contributed by atoms with Crippen molar-refractivity contribution in [3.63, 3.8) is 0 Å². The number of nitrogens with zero attached hydrogens (tertiary/aromatic N) is 1. The molecule has 11 heteroatoms. The topological polar surface area (TPSA) is 129 Å². The third-order valence-electron chi connectivity index (χ3n) is 3.44. The summed E-state index contributed by atoms with van der Waals surface area (Å²) in [5.41, 5.74) is 4.75. The van der Waals surface area contributed by atoms with E-state index >= 15 is 0 Å². The first-order chi connectivity index (χ1) is 12.6. The summed E-state index contributed by atoms with van der Waals surface area (Å²) in [5.74, 6) is 0. The van der Waals surface area contributed by atoms with Crippen LogP contribution >= 0.6 is 6.72 Å². The van der Waals surface area contributed by atoms with E-state index in [1.165, 1.54) is 11.1 Å². The summed E-state index contributed by atoms with van der Waals surface area (Å²) in [7, 11) is 0. The zero-order valence-electron chi connectivity index (χ0n) is 17.4. The van der Waals surface area contributed by atoms with Crippen molar-refractivity contribution < 1.29 is 28.6 Å². The SMILES string of the molecule is CC(C)(C)C[C@H](COP([O-])(=S)OC(C)(C)C)O[C@H](CO)N1C=CC(N)NC1=O. The molecule has 0 spiro atoms. The number of hydrogen-bond donors (Lipinski definition) is 3. The fraction of sp³-hybridized carbons (Fsp3) is 0.824. The summed E-state index contributed by atoms with van der Waals surface area (Å²) >= 11 is 4.96. The van der Waals surface area contributed by atoms with E-state index in [9.17, 15) is 14.8 Å². The van der Waals surface area contributed by atoms with Gasteiger partial charge in [-0.3, -0.25) is 4.90 Å². The number of urea groups is 1. The average molecular weight is 439 g/mol. The number of amides is 2. The molecule has 0 saturated heterocycles. The summed E-state index contributed by atoms with van der Waals surface area (Å²) in [4.78, 5) is 25.7. The second-order valence-corrected chi connectivity index (χ2v) is 11.5. The van der Waals surface area contributed by atoms with Gasteiger partial charge in [0.25, 0.3) is 0 Å². The van der Waals surface area contributed by atoms with E-state index in [-0.39, 0.29) is 12.0 Å². The predicted molar refractivity (Wildman–Crippen MR) is 108 cm³/mol. The molecule has 0 aromatic rings. The van der Waals surface area contributed by atoms with Crippen LogP contribution in [0.2, 0.25) is 0 Å². The predicted octanol–water partition coefficient (Wildman–Crippen LogP) is 1.37. The molecule has 2 amide bonds. The van der Waals surface area contributed by atoms with E-state index in [4.69, 9.17) is 31.3 Å². The summed E-state index contributed by atoms with van der Waals surface area (Å²) < 4.78 is 16.6. The van der Waals surface area contributed by atoms with Crippen LogP contribution in [0.15, 0.2) is 12.3 Å². The van der Waals surface area contributed by atoms with Gasteiger partial charge in [0.2, 0.25) is 0 Å². The van der Waals surface area contributed by atoms with Gasteiger partial charge in [-0.15, -0.1) is 0 Å². The van der Waals surface area contributed by atoms with Crippen LogP contribution in [0.4, 0.5) is 4.79 Å². The van der Waals surface area contributed by atoms with Crippen LogP contribution in [0.3, 0.4) is 0 Å². The van der Waals surface area contributed by atoms with Crippen molar-refractivity contribution in [3.8, 4) is 0 Å². The van der Waals surface area contributed by atoms with Gasteiger partial charge in [-0.2, -0.15) is 0 Å². The normalized spacial score (nSPS) is 22.5. The molecule has 4 atom stereocenters. The third-order valence-corrected chi connectivity index (χ3v) is 5.22. The van der Waals surface area contributed by atoms with Crippen LogP contribution in [0.1, 0.15) is 48.0 Å². The van der Waals surface area contributed by atoms with E-state index in [1.54, 1.807) is 26.8 Å². The van der Waals surface area contributed by atoms with Crippen molar-refractivity contribution in [2.75, 3.05) is 13.2 Å². The molecule has 0 saturated carbocycles. The lowest BCUT2D eigenvalue weighted by Gasteiger charge is -2.38. The van der Waals surface area contributed by atoms with Gasteiger partial charge >= 0.3 is 6.03 Å². The van der Waals surface area contributed by atoms with Crippen molar-refractivity contribution >= 4 is 24.6 Å². The Labute approximate surface area is 172 Å². The maximum Gasteiger partial charge on any atom is 0.325 e. The number of rotatable bonds is 9. The van der Waals surface area contributed by atoms with Gasteiger partial charge in [-0.1, -0.05) is 32.6 Å². The number of nitrogens with two attached hydrogens (primary N) is 1. The largest absolute Gasteiger partial charge is 0.780 e. The van der Waals surface area contributed by atoms with Gasteiger partial charge in [0.05, 0.1) is 31.1 Å². The Kier molecular flexibility index (Phi) is 9.05. The zero-order chi connectivity index (χ0) is 21.8. The highest BCUT2D eigenvalue weighted by atomic mass is 32.5. The van der Waals surface area contributed by atoms with E-state index < -0.39 is 43.5 Å². The Bertz CT molecular complexity index is 605. The molecular weight excluding hydrogens is 405 g/mol. The van der Waals surface area contributed by atoms with Crippen LogP contribution in [0, 0.1) is 5.41 Å². The number of nitrogens with one attached hydrogen (secondary N) is 1. The van der Waals surface area contributed by atoms with E-state index in [0.29, 0.717) is 6.42 Å². The monoisotopic (exact) mass is 438 g/mol. The highest BCUT2D eigenvalue weighted by molar-refractivity contribution is 8.06. The molecule has 4 N–H and O–H groups in total. The van der Waals surface area contributed by atoms with Crippen LogP contribution in [0.5, 0.6) is 0 Å². The van der Waals surface area contributed by atoms with E-state index in [2.05, 4.69) is 5.32 Å². The fourth-order valence-electron chi connectivity index (χ4n) is 2.53. The van der Waals surface area contributed by atoms with Crippen LogP contribution in [-0.4, -0.2) is 53.4 Å². The molecule has 0 bridgehead atoms. The smallest absolute Gasteiger partial charge is 0.325 e. The lowest BCUT2D eigenvalue weighted by atomic mass is 9.89. The third kappa shape index (κ3) is 9.76. The van der Waals surface area contributed by atoms with Crippen LogP contribution in [0.25, 0.3) is 0 Å². The standard InChI is InChI=1S/C17H34N3O6PS/c1-16(2,3)9-12(11-24-27(23,28)26-17(4,5)6)25-14(10-21)20-8-7-13(18)19-15(20)22/h7-8,12-14,21H,9-11,18H2,1-6H3,(H,19,22)(H,23,28)/p-1/t12-,13?,14-,27?/m1/s1. The number of carbonyl (C=O) groups excluding carboxylic acids is 1. The molecule has 28 heavy (non-hydrogen) atoms. The van der Waals surface area contributed by atoms with E-state index in [0.717, 1.165) is 0 Å². The summed E-state index contributed by atoms with van der Waals surface area (Å²) in [5, 5.41) is 12.3. The Balaban J connectivity index is 2.87. The van der Waals surface area contributed by atoms with Gasteiger partial charge in [-0.05, 0) is 38.7 Å². The molecule has 1 aliphatic heterocycles. The van der Waals surface area contributed by atoms with Crippen molar-refractivity contribution in [2.45, 2.75) is 72.1 Å². The molecule has 9 nitrogen and oxygen atoms in total. The number of ether oxygens (including phenoxy) is 1. The van der Waals surface area contributed by atoms with Crippen LogP contribution < -0.4 is 15.9 Å². The van der Waals surface area contributed by atoms with Gasteiger partial charge in [0, 0.05) is 6.20 Å². The Morgan fingerprint density at radius 1 is 1.39 bits per heavy atom. The van der Waals surface area contributed by atoms with Gasteiger partial charge in [0.15, 0.2) is 6.23 Å². The fourth-order valence-corrected chi connectivity index (χ4v) is 4.46. The second-order valence-electron chi connectivity index (χ2n) is 8.83. The highest BCUT2D eigenvalue weighted by Crippen LogP contribution is 2.43. The molecular formula is C17H33N3O6PS-. The van der Waals surface area contributed by atoms with Crippen molar-refractivity contribution in [3.05, 3.63) is 12.3 Å². The van der Waals surface area contributed by atoms with Gasteiger partial charge in [0.1, 0.15) is 6.72 Å². The molecule has 2 unspecified atom stereocenters. The van der Waals surface area contributed by atoms with E-state index in [1.807, 2.05) is 20.8 Å². The molecule has 0 fully saturated rings. The lowest BCUT2D eigenvalue weighted by Crippen LogP contribution is -2.54. The second kappa shape index (κ2) is 9.95. The van der Waals surface area contributed by atoms with Crippen molar-refractivity contribution in [2.24, 2.45) is 11.1 Å². The Morgan fingerprint density at radius 3 is 2.46 bits per heavy atom. The molecule has 164 valence electrons. The number of carbonyl (C=O) groups is 1. The molecule has 0 aliphatic carbocycles. The zero-order valence-corrected chi connectivity index (χ0v) is 19.1. The molecule has 0 aromatic carbocycles. The minimum atomic E-state index is -3.72. The summed E-state index contributed by atoms with van der Waals surface area (Å²) in [6, 6.07) is -0.491. The lowest BCUT2D eigenvalue weighted by molar-refractivity contribution is -0.219. The average Bonchev–Trinajstić information content (AvgIpc) is 2.47. The van der Waals surface area contributed by atoms with Crippen LogP contribution in [-0.2, 0) is 25.6 Å². The summed E-state index contributed by atoms with van der Waals surface area (Å²) in [6.45, 7) is 6.92. The molecule has 1 heterocycles. The van der Waals surface area contributed by atoms with Crippen molar-refractivity contribution in [1.82, 2.24) is 10.2 Å². The first-order valence-corrected chi connectivity index (χ1v) is 11.6. The molecule has 1 aliphatic rings. The maximum atomic E-state index is 12.4.